The Hall–Kier alpha value is -2.27. The van der Waals surface area contributed by atoms with E-state index in [4.69, 9.17) is 4.74 Å². The average molecular weight is 306 g/mol. The van der Waals surface area contributed by atoms with Crippen molar-refractivity contribution in [2.45, 2.75) is 18.4 Å². The number of carboxylic acid groups (broad SMARTS) is 1. The van der Waals surface area contributed by atoms with Crippen LogP contribution in [0, 0.1) is 0 Å². The van der Waals surface area contributed by atoms with Gasteiger partial charge >= 0.3 is 5.97 Å². The van der Waals surface area contributed by atoms with Crippen molar-refractivity contribution >= 4 is 5.97 Å². The zero-order chi connectivity index (χ0) is 16.0. The Morgan fingerprint density at radius 1 is 1.00 bits per heavy atom. The van der Waals surface area contributed by atoms with Gasteiger partial charge in [0.25, 0.3) is 0 Å². The molecular weight excluding hydrogens is 290 g/mol. The Bertz CT molecular complexity index is 560. The molecule has 22 heavy (non-hydrogen) atoms. The SMILES string of the molecule is O=C(O)C(OCCC(F)F)(c1ccccc1)c1ccccc1. The fourth-order valence-corrected chi connectivity index (χ4v) is 2.29. The first-order valence-electron chi connectivity index (χ1n) is 6.84. The smallest absolute Gasteiger partial charge is 0.345 e. The number of carboxylic acids is 1. The van der Waals surface area contributed by atoms with Crippen molar-refractivity contribution in [2.75, 3.05) is 6.61 Å². The van der Waals surface area contributed by atoms with E-state index in [0.29, 0.717) is 11.1 Å². The number of halogens is 2. The summed E-state index contributed by atoms with van der Waals surface area (Å²) >= 11 is 0. The zero-order valence-electron chi connectivity index (χ0n) is 11.8. The molecule has 3 nitrogen and oxygen atoms in total. The van der Waals surface area contributed by atoms with Crippen molar-refractivity contribution in [1.29, 1.82) is 0 Å². The summed E-state index contributed by atoms with van der Waals surface area (Å²) in [6.07, 6.45) is -3.06. The van der Waals surface area contributed by atoms with Crippen LogP contribution in [-0.4, -0.2) is 24.1 Å². The summed E-state index contributed by atoms with van der Waals surface area (Å²) in [5.41, 5.74) is -1.01. The fourth-order valence-electron chi connectivity index (χ4n) is 2.29. The van der Waals surface area contributed by atoms with Crippen LogP contribution < -0.4 is 0 Å². The molecule has 0 aliphatic carbocycles. The summed E-state index contributed by atoms with van der Waals surface area (Å²) in [5, 5.41) is 9.78. The van der Waals surface area contributed by atoms with Gasteiger partial charge in [-0.05, 0) is 11.1 Å². The molecule has 2 aromatic carbocycles. The molecule has 0 saturated carbocycles. The van der Waals surface area contributed by atoms with Gasteiger partial charge in [-0.15, -0.1) is 0 Å². The van der Waals surface area contributed by atoms with Crippen LogP contribution in [-0.2, 0) is 15.1 Å². The zero-order valence-corrected chi connectivity index (χ0v) is 11.8. The second kappa shape index (κ2) is 7.13. The van der Waals surface area contributed by atoms with Crippen LogP contribution in [0.4, 0.5) is 8.78 Å². The van der Waals surface area contributed by atoms with E-state index >= 15 is 0 Å². The lowest BCUT2D eigenvalue weighted by Crippen LogP contribution is -2.40. The van der Waals surface area contributed by atoms with Gasteiger partial charge in [0.05, 0.1) is 6.61 Å². The van der Waals surface area contributed by atoms with E-state index in [1.807, 2.05) is 0 Å². The van der Waals surface area contributed by atoms with E-state index in [1.54, 1.807) is 60.7 Å². The van der Waals surface area contributed by atoms with Gasteiger partial charge in [0.15, 0.2) is 0 Å². The van der Waals surface area contributed by atoms with Crippen molar-refractivity contribution in [2.24, 2.45) is 0 Å². The first-order valence-corrected chi connectivity index (χ1v) is 6.84. The number of ether oxygens (including phenoxy) is 1. The normalized spacial score (nSPS) is 11.6. The molecule has 0 amide bonds. The van der Waals surface area contributed by atoms with Crippen LogP contribution in [0.3, 0.4) is 0 Å². The quantitative estimate of drug-likeness (QED) is 0.848. The molecule has 0 bridgehead atoms. The second-order valence-electron chi connectivity index (χ2n) is 4.75. The standard InChI is InChI=1S/C17H16F2O3/c18-15(19)11-12-22-17(16(20)21,13-7-3-1-4-8-13)14-9-5-2-6-10-14/h1-10,15H,11-12H2,(H,20,21). The molecule has 0 radical (unpaired) electrons. The molecule has 0 aliphatic heterocycles. The highest BCUT2D eigenvalue weighted by atomic mass is 19.3. The first-order chi connectivity index (χ1) is 10.6. The summed E-state index contributed by atoms with van der Waals surface area (Å²) in [6.45, 7) is -0.353. The maximum Gasteiger partial charge on any atom is 0.345 e. The summed E-state index contributed by atoms with van der Waals surface area (Å²) in [6, 6.07) is 16.7. The maximum absolute atomic E-state index is 12.4. The molecule has 5 heteroatoms. The van der Waals surface area contributed by atoms with Gasteiger partial charge in [0, 0.05) is 6.42 Å². The van der Waals surface area contributed by atoms with E-state index in [9.17, 15) is 18.7 Å². The van der Waals surface area contributed by atoms with Gasteiger partial charge in [-0.1, -0.05) is 60.7 Å². The molecule has 0 fully saturated rings. The Morgan fingerprint density at radius 2 is 1.45 bits per heavy atom. The van der Waals surface area contributed by atoms with Gasteiger partial charge in [-0.2, -0.15) is 0 Å². The number of rotatable bonds is 7. The minimum atomic E-state index is -2.54. The van der Waals surface area contributed by atoms with Crippen molar-refractivity contribution in [3.05, 3.63) is 71.8 Å². The molecular formula is C17H16F2O3. The average Bonchev–Trinajstić information content (AvgIpc) is 2.53. The number of carbonyl (C=O) groups is 1. The molecule has 2 aromatic rings. The van der Waals surface area contributed by atoms with E-state index in [0.717, 1.165) is 0 Å². The van der Waals surface area contributed by atoms with Gasteiger partial charge < -0.3 is 9.84 Å². The third kappa shape index (κ3) is 3.31. The van der Waals surface area contributed by atoms with Gasteiger partial charge in [0.2, 0.25) is 12.0 Å². The Morgan fingerprint density at radius 3 is 1.82 bits per heavy atom. The molecule has 0 saturated heterocycles. The summed E-state index contributed by atoms with van der Waals surface area (Å²) in [7, 11) is 0. The summed E-state index contributed by atoms with van der Waals surface area (Å²) in [4.78, 5) is 12.0. The minimum absolute atomic E-state index is 0.353. The van der Waals surface area contributed by atoms with E-state index in [2.05, 4.69) is 0 Å². The molecule has 0 aromatic heterocycles. The van der Waals surface area contributed by atoms with Crippen molar-refractivity contribution < 1.29 is 23.4 Å². The largest absolute Gasteiger partial charge is 0.479 e. The van der Waals surface area contributed by atoms with Crippen molar-refractivity contribution in [3.63, 3.8) is 0 Å². The first kappa shape index (κ1) is 16.1. The predicted octanol–water partition coefficient (Wildman–Crippen LogP) is 3.69. The predicted molar refractivity (Wildman–Crippen MR) is 77.9 cm³/mol. The lowest BCUT2D eigenvalue weighted by atomic mass is 9.86. The van der Waals surface area contributed by atoms with Crippen LogP contribution in [0.15, 0.2) is 60.7 Å². The van der Waals surface area contributed by atoms with Gasteiger partial charge in [-0.25, -0.2) is 13.6 Å². The topological polar surface area (TPSA) is 46.5 Å². The van der Waals surface area contributed by atoms with Crippen LogP contribution in [0.25, 0.3) is 0 Å². The molecule has 0 aliphatic rings. The highest BCUT2D eigenvalue weighted by Gasteiger charge is 2.43. The van der Waals surface area contributed by atoms with Crippen LogP contribution >= 0.6 is 0 Å². The van der Waals surface area contributed by atoms with Crippen LogP contribution in [0.2, 0.25) is 0 Å². The Labute approximate surface area is 127 Å². The molecule has 0 spiro atoms. The van der Waals surface area contributed by atoms with Gasteiger partial charge in [-0.3, -0.25) is 0 Å². The van der Waals surface area contributed by atoms with Crippen molar-refractivity contribution in [1.82, 2.24) is 0 Å². The van der Waals surface area contributed by atoms with Gasteiger partial charge in [0.1, 0.15) is 0 Å². The molecule has 116 valence electrons. The number of aliphatic carboxylic acids is 1. The number of hydrogen-bond donors (Lipinski definition) is 1. The Balaban J connectivity index is 2.48. The highest BCUT2D eigenvalue weighted by molar-refractivity contribution is 5.84. The highest BCUT2D eigenvalue weighted by Crippen LogP contribution is 2.34. The van der Waals surface area contributed by atoms with E-state index < -0.39 is 24.4 Å². The number of hydrogen-bond acceptors (Lipinski definition) is 2. The monoisotopic (exact) mass is 306 g/mol. The molecule has 0 atom stereocenters. The summed E-state index contributed by atoms with van der Waals surface area (Å²) < 4.78 is 30.3. The third-order valence-corrected chi connectivity index (χ3v) is 3.32. The van der Waals surface area contributed by atoms with E-state index in [-0.39, 0.29) is 6.61 Å². The minimum Gasteiger partial charge on any atom is -0.479 e. The fraction of sp³-hybridized carbons (Fsp3) is 0.235. The molecule has 0 heterocycles. The van der Waals surface area contributed by atoms with Crippen molar-refractivity contribution in [3.8, 4) is 0 Å². The molecule has 1 N–H and O–H groups in total. The molecule has 2 rings (SSSR count). The lowest BCUT2D eigenvalue weighted by molar-refractivity contribution is -0.162. The maximum atomic E-state index is 12.4. The Kier molecular flexibility index (Phi) is 5.22. The van der Waals surface area contributed by atoms with E-state index in [1.165, 1.54) is 0 Å². The summed E-state index contributed by atoms with van der Waals surface area (Å²) in [5.74, 6) is -1.24. The second-order valence-corrected chi connectivity index (χ2v) is 4.75. The lowest BCUT2D eigenvalue weighted by Gasteiger charge is -2.30. The molecule has 0 unspecified atom stereocenters. The number of alkyl halides is 2. The third-order valence-electron chi connectivity index (χ3n) is 3.32. The van der Waals surface area contributed by atoms with Crippen LogP contribution in [0.1, 0.15) is 17.5 Å². The van der Waals surface area contributed by atoms with Crippen LogP contribution in [0.5, 0.6) is 0 Å². The number of benzene rings is 2.